The van der Waals surface area contributed by atoms with Gasteiger partial charge in [0.2, 0.25) is 0 Å². The highest BCUT2D eigenvalue weighted by Gasteiger charge is 2.10. The molecule has 0 unspecified atom stereocenters. The van der Waals surface area contributed by atoms with Crippen LogP contribution in [0.1, 0.15) is 33.3 Å². The molecule has 0 atom stereocenters. The SMILES string of the molecule is COc1ccccc1CNc1cc(C(=O)Nc2ccc(C(C)=O)cc2)ncn1. The summed E-state index contributed by atoms with van der Waals surface area (Å²) in [6.45, 7) is 1.99. The third kappa shape index (κ3) is 4.70. The van der Waals surface area contributed by atoms with Crippen LogP contribution in [0.3, 0.4) is 0 Å². The van der Waals surface area contributed by atoms with Crippen LogP contribution in [0.4, 0.5) is 11.5 Å². The van der Waals surface area contributed by atoms with Crippen molar-refractivity contribution in [1.82, 2.24) is 9.97 Å². The maximum atomic E-state index is 12.4. The van der Waals surface area contributed by atoms with Crippen LogP contribution in [0, 0.1) is 0 Å². The molecular formula is C21H20N4O3. The fraction of sp³-hybridized carbons (Fsp3) is 0.143. The quantitative estimate of drug-likeness (QED) is 0.613. The Morgan fingerprint density at radius 1 is 1.04 bits per heavy atom. The standard InChI is InChI=1S/C21H20N4O3/c1-14(26)15-7-9-17(10-8-15)25-21(27)18-11-20(24-13-23-18)22-12-16-5-3-4-6-19(16)28-2/h3-11,13H,12H2,1-2H3,(H,25,27)(H,22,23,24). The fourth-order valence-electron chi connectivity index (χ4n) is 2.60. The molecule has 142 valence electrons. The number of ether oxygens (including phenoxy) is 1. The molecule has 1 aromatic heterocycles. The third-order valence-electron chi connectivity index (χ3n) is 4.10. The highest BCUT2D eigenvalue weighted by atomic mass is 16.5. The summed E-state index contributed by atoms with van der Waals surface area (Å²) in [7, 11) is 1.62. The molecule has 0 fully saturated rings. The van der Waals surface area contributed by atoms with Crippen molar-refractivity contribution in [3.8, 4) is 5.75 Å². The van der Waals surface area contributed by atoms with Crippen molar-refractivity contribution in [3.63, 3.8) is 0 Å². The molecule has 2 aromatic carbocycles. The van der Waals surface area contributed by atoms with Gasteiger partial charge in [0, 0.05) is 29.4 Å². The van der Waals surface area contributed by atoms with E-state index in [2.05, 4.69) is 20.6 Å². The second-order valence-corrected chi connectivity index (χ2v) is 6.04. The van der Waals surface area contributed by atoms with Crippen LogP contribution in [-0.4, -0.2) is 28.8 Å². The van der Waals surface area contributed by atoms with E-state index in [1.54, 1.807) is 37.4 Å². The lowest BCUT2D eigenvalue weighted by Gasteiger charge is -2.10. The number of nitrogens with zero attached hydrogens (tertiary/aromatic N) is 2. The van der Waals surface area contributed by atoms with Crippen molar-refractivity contribution in [2.75, 3.05) is 17.7 Å². The summed E-state index contributed by atoms with van der Waals surface area (Å²) in [4.78, 5) is 31.9. The Labute approximate surface area is 162 Å². The second-order valence-electron chi connectivity index (χ2n) is 6.04. The van der Waals surface area contributed by atoms with Gasteiger partial charge in [0.05, 0.1) is 7.11 Å². The van der Waals surface area contributed by atoms with E-state index in [0.717, 1.165) is 11.3 Å². The predicted molar refractivity (Wildman–Crippen MR) is 107 cm³/mol. The topological polar surface area (TPSA) is 93.2 Å². The first-order valence-electron chi connectivity index (χ1n) is 8.67. The smallest absolute Gasteiger partial charge is 0.274 e. The van der Waals surface area contributed by atoms with Gasteiger partial charge in [-0.05, 0) is 37.3 Å². The highest BCUT2D eigenvalue weighted by molar-refractivity contribution is 6.03. The van der Waals surface area contributed by atoms with Crippen molar-refractivity contribution in [1.29, 1.82) is 0 Å². The van der Waals surface area contributed by atoms with Crippen molar-refractivity contribution in [3.05, 3.63) is 77.7 Å². The van der Waals surface area contributed by atoms with E-state index in [4.69, 9.17) is 4.74 Å². The van der Waals surface area contributed by atoms with Gasteiger partial charge in [-0.1, -0.05) is 18.2 Å². The van der Waals surface area contributed by atoms with Crippen LogP contribution >= 0.6 is 0 Å². The number of anilines is 2. The Bertz CT molecular complexity index is 987. The summed E-state index contributed by atoms with van der Waals surface area (Å²) in [6, 6.07) is 15.9. The molecule has 0 aliphatic carbocycles. The van der Waals surface area contributed by atoms with Gasteiger partial charge in [0.1, 0.15) is 23.6 Å². The normalized spacial score (nSPS) is 10.2. The number of hydrogen-bond donors (Lipinski definition) is 2. The number of benzene rings is 2. The number of carbonyl (C=O) groups excluding carboxylic acids is 2. The Morgan fingerprint density at radius 3 is 2.50 bits per heavy atom. The largest absolute Gasteiger partial charge is 0.496 e. The zero-order valence-electron chi connectivity index (χ0n) is 15.6. The molecule has 0 aliphatic heterocycles. The number of amides is 1. The number of ketones is 1. The lowest BCUT2D eigenvalue weighted by atomic mass is 10.1. The first-order valence-corrected chi connectivity index (χ1v) is 8.67. The zero-order valence-corrected chi connectivity index (χ0v) is 15.6. The maximum absolute atomic E-state index is 12.4. The van der Waals surface area contributed by atoms with Gasteiger partial charge in [-0.2, -0.15) is 0 Å². The van der Waals surface area contributed by atoms with Crippen LogP contribution in [0.5, 0.6) is 5.75 Å². The van der Waals surface area contributed by atoms with Gasteiger partial charge in [-0.25, -0.2) is 9.97 Å². The van der Waals surface area contributed by atoms with Crippen LogP contribution in [0.2, 0.25) is 0 Å². The average Bonchev–Trinajstić information content (AvgIpc) is 2.73. The Balaban J connectivity index is 1.66. The van der Waals surface area contributed by atoms with E-state index in [9.17, 15) is 9.59 Å². The Kier molecular flexibility index (Phi) is 5.96. The molecule has 2 N–H and O–H groups in total. The average molecular weight is 376 g/mol. The summed E-state index contributed by atoms with van der Waals surface area (Å²) in [6.07, 6.45) is 1.33. The molecule has 0 radical (unpaired) electrons. The molecule has 1 amide bonds. The molecule has 7 heteroatoms. The van der Waals surface area contributed by atoms with Gasteiger partial charge in [0.25, 0.3) is 5.91 Å². The van der Waals surface area contributed by atoms with Crippen LogP contribution < -0.4 is 15.4 Å². The molecule has 0 saturated carbocycles. The summed E-state index contributed by atoms with van der Waals surface area (Å²) in [5.74, 6) is 0.909. The van der Waals surface area contributed by atoms with Gasteiger partial charge in [-0.3, -0.25) is 9.59 Å². The first-order chi connectivity index (χ1) is 13.6. The van der Waals surface area contributed by atoms with Crippen molar-refractivity contribution >= 4 is 23.2 Å². The van der Waals surface area contributed by atoms with E-state index >= 15 is 0 Å². The minimum absolute atomic E-state index is 0.0283. The molecule has 0 bridgehead atoms. The molecule has 0 aliphatic rings. The van der Waals surface area contributed by atoms with Gasteiger partial charge < -0.3 is 15.4 Å². The van der Waals surface area contributed by atoms with Gasteiger partial charge in [-0.15, -0.1) is 0 Å². The van der Waals surface area contributed by atoms with Crippen molar-refractivity contribution in [2.45, 2.75) is 13.5 Å². The number of aromatic nitrogens is 2. The molecule has 7 nitrogen and oxygen atoms in total. The first kappa shape index (κ1) is 19.0. The molecule has 3 aromatic rings. The lowest BCUT2D eigenvalue weighted by molar-refractivity contribution is 0.101. The van der Waals surface area contributed by atoms with Crippen molar-refractivity contribution < 1.29 is 14.3 Å². The molecule has 3 rings (SSSR count). The van der Waals surface area contributed by atoms with E-state index < -0.39 is 0 Å². The van der Waals surface area contributed by atoms with Crippen LogP contribution in [-0.2, 0) is 6.54 Å². The van der Waals surface area contributed by atoms with Gasteiger partial charge in [0.15, 0.2) is 5.78 Å². The van der Waals surface area contributed by atoms with E-state index in [-0.39, 0.29) is 17.4 Å². The summed E-state index contributed by atoms with van der Waals surface area (Å²) in [5.41, 5.74) is 2.37. The van der Waals surface area contributed by atoms with Crippen LogP contribution in [0.25, 0.3) is 0 Å². The predicted octanol–water partition coefficient (Wildman–Crippen LogP) is 3.55. The number of Topliss-reactive ketones (excluding diaryl/α,β-unsaturated/α-hetero) is 1. The summed E-state index contributed by atoms with van der Waals surface area (Å²) < 4.78 is 5.33. The summed E-state index contributed by atoms with van der Waals surface area (Å²) in [5, 5.41) is 5.92. The van der Waals surface area contributed by atoms with Crippen LogP contribution in [0.15, 0.2) is 60.9 Å². The molecule has 28 heavy (non-hydrogen) atoms. The fourth-order valence-corrected chi connectivity index (χ4v) is 2.60. The molecule has 1 heterocycles. The minimum atomic E-state index is -0.363. The van der Waals surface area contributed by atoms with E-state index in [0.29, 0.717) is 23.6 Å². The Morgan fingerprint density at radius 2 is 1.79 bits per heavy atom. The number of para-hydroxylation sites is 1. The van der Waals surface area contributed by atoms with E-state index in [1.165, 1.54) is 13.3 Å². The van der Waals surface area contributed by atoms with E-state index in [1.807, 2.05) is 24.3 Å². The number of hydrogen-bond acceptors (Lipinski definition) is 6. The number of rotatable bonds is 7. The van der Waals surface area contributed by atoms with Crippen molar-refractivity contribution in [2.24, 2.45) is 0 Å². The second kappa shape index (κ2) is 8.77. The zero-order chi connectivity index (χ0) is 19.9. The molecule has 0 saturated heterocycles. The number of carbonyl (C=O) groups is 2. The monoisotopic (exact) mass is 376 g/mol. The maximum Gasteiger partial charge on any atom is 0.274 e. The number of methoxy groups -OCH3 is 1. The lowest BCUT2D eigenvalue weighted by Crippen LogP contribution is -2.15. The van der Waals surface area contributed by atoms with Gasteiger partial charge >= 0.3 is 0 Å². The molecule has 0 spiro atoms. The minimum Gasteiger partial charge on any atom is -0.496 e. The highest BCUT2D eigenvalue weighted by Crippen LogP contribution is 2.18. The molecular weight excluding hydrogens is 356 g/mol. The number of nitrogens with one attached hydrogen (secondary N) is 2. The summed E-state index contributed by atoms with van der Waals surface area (Å²) >= 11 is 0. The Hall–Kier alpha value is -3.74. The third-order valence-corrected chi connectivity index (χ3v) is 4.10.